The third-order valence-electron chi connectivity index (χ3n) is 1.79. The van der Waals surface area contributed by atoms with Crippen molar-refractivity contribution in [3.8, 4) is 0 Å². The molecule has 12 heavy (non-hydrogen) atoms. The third-order valence-corrected chi connectivity index (χ3v) is 1.79. The SMILES string of the molecule is [NH]c1ccc2c(c1)CNC(=O)N2. The van der Waals surface area contributed by atoms with Crippen LogP contribution < -0.4 is 16.4 Å². The predicted molar refractivity (Wildman–Crippen MR) is 45.1 cm³/mol. The summed E-state index contributed by atoms with van der Waals surface area (Å²) < 4.78 is 0. The Morgan fingerprint density at radius 3 is 3.08 bits per heavy atom. The lowest BCUT2D eigenvalue weighted by atomic mass is 10.1. The van der Waals surface area contributed by atoms with Crippen molar-refractivity contribution in [1.82, 2.24) is 11.1 Å². The number of nitrogens with one attached hydrogen (secondary N) is 3. The zero-order valence-corrected chi connectivity index (χ0v) is 6.35. The molecular formula is C8H8N3O. The summed E-state index contributed by atoms with van der Waals surface area (Å²) in [5.74, 6) is 0. The van der Waals surface area contributed by atoms with Crippen LogP contribution in [0.2, 0.25) is 0 Å². The van der Waals surface area contributed by atoms with Crippen molar-refractivity contribution in [3.63, 3.8) is 0 Å². The molecule has 1 aliphatic rings. The van der Waals surface area contributed by atoms with Crippen LogP contribution >= 0.6 is 0 Å². The van der Waals surface area contributed by atoms with Crippen LogP contribution in [0.15, 0.2) is 18.2 Å². The van der Waals surface area contributed by atoms with Gasteiger partial charge in [-0.05, 0) is 23.8 Å². The number of hydrogen-bond acceptors (Lipinski definition) is 1. The second kappa shape index (κ2) is 2.41. The normalized spacial score (nSPS) is 14.5. The molecule has 2 rings (SSSR count). The minimum Gasteiger partial charge on any atom is -0.334 e. The number of amides is 2. The summed E-state index contributed by atoms with van der Waals surface area (Å²) in [4.78, 5) is 10.8. The molecule has 0 unspecified atom stereocenters. The maximum absolute atomic E-state index is 10.8. The molecule has 0 aromatic heterocycles. The molecular weight excluding hydrogens is 154 g/mol. The number of anilines is 1. The quantitative estimate of drug-likeness (QED) is 0.592. The van der Waals surface area contributed by atoms with Gasteiger partial charge in [0.15, 0.2) is 0 Å². The van der Waals surface area contributed by atoms with Gasteiger partial charge >= 0.3 is 6.03 Å². The van der Waals surface area contributed by atoms with Crippen LogP contribution in [0.4, 0.5) is 16.2 Å². The van der Waals surface area contributed by atoms with Gasteiger partial charge in [-0.15, -0.1) is 0 Å². The number of carbonyl (C=O) groups is 1. The average Bonchev–Trinajstić information content (AvgIpc) is 2.05. The lowest BCUT2D eigenvalue weighted by Crippen LogP contribution is -2.33. The van der Waals surface area contributed by atoms with Crippen LogP contribution in [0, 0.1) is 0 Å². The molecule has 3 N–H and O–H groups in total. The van der Waals surface area contributed by atoms with Crippen molar-refractivity contribution in [2.45, 2.75) is 6.54 Å². The molecule has 1 aliphatic heterocycles. The van der Waals surface area contributed by atoms with Crippen molar-refractivity contribution in [3.05, 3.63) is 23.8 Å². The molecule has 1 radical (unpaired) electrons. The molecule has 1 heterocycles. The third kappa shape index (κ3) is 1.07. The van der Waals surface area contributed by atoms with E-state index in [9.17, 15) is 4.79 Å². The summed E-state index contributed by atoms with van der Waals surface area (Å²) in [6.07, 6.45) is 0. The van der Waals surface area contributed by atoms with Crippen LogP contribution in [0.1, 0.15) is 5.56 Å². The minimum absolute atomic E-state index is 0.180. The first kappa shape index (κ1) is 6.97. The summed E-state index contributed by atoms with van der Waals surface area (Å²) in [5.41, 5.74) is 9.57. The molecule has 0 fully saturated rings. The smallest absolute Gasteiger partial charge is 0.319 e. The molecule has 61 valence electrons. The van der Waals surface area contributed by atoms with E-state index >= 15 is 0 Å². The Balaban J connectivity index is 2.43. The molecule has 0 aliphatic carbocycles. The maximum atomic E-state index is 10.8. The number of benzene rings is 1. The summed E-state index contributed by atoms with van der Waals surface area (Å²) in [7, 11) is 0. The van der Waals surface area contributed by atoms with Crippen LogP contribution in [0.25, 0.3) is 0 Å². The van der Waals surface area contributed by atoms with Gasteiger partial charge in [0.05, 0.1) is 5.69 Å². The highest BCUT2D eigenvalue weighted by atomic mass is 16.2. The Morgan fingerprint density at radius 2 is 2.25 bits per heavy atom. The Hall–Kier alpha value is -1.71. The Morgan fingerprint density at radius 1 is 1.42 bits per heavy atom. The maximum Gasteiger partial charge on any atom is 0.319 e. The van der Waals surface area contributed by atoms with E-state index in [-0.39, 0.29) is 6.03 Å². The van der Waals surface area contributed by atoms with Gasteiger partial charge in [-0.2, -0.15) is 0 Å². The molecule has 0 saturated carbocycles. The second-order valence-electron chi connectivity index (χ2n) is 2.68. The van der Waals surface area contributed by atoms with Crippen LogP contribution in [0.5, 0.6) is 0 Å². The molecule has 1 aromatic carbocycles. The van der Waals surface area contributed by atoms with E-state index in [1.807, 2.05) is 0 Å². The van der Waals surface area contributed by atoms with Gasteiger partial charge in [-0.3, -0.25) is 0 Å². The van der Waals surface area contributed by atoms with Gasteiger partial charge in [0.25, 0.3) is 0 Å². The summed E-state index contributed by atoms with van der Waals surface area (Å²) in [6.45, 7) is 0.508. The highest BCUT2D eigenvalue weighted by Crippen LogP contribution is 2.21. The van der Waals surface area contributed by atoms with Crippen molar-refractivity contribution >= 4 is 17.4 Å². The van der Waals surface area contributed by atoms with E-state index in [0.29, 0.717) is 12.2 Å². The number of rotatable bonds is 0. The summed E-state index contributed by atoms with van der Waals surface area (Å²) in [6, 6.07) is 4.96. The molecule has 2 amide bonds. The molecule has 0 atom stereocenters. The predicted octanol–water partition coefficient (Wildman–Crippen LogP) is 1.24. The zero-order chi connectivity index (χ0) is 8.55. The fraction of sp³-hybridized carbons (Fsp3) is 0.125. The molecule has 4 heteroatoms. The van der Waals surface area contributed by atoms with E-state index in [2.05, 4.69) is 10.6 Å². The van der Waals surface area contributed by atoms with E-state index in [4.69, 9.17) is 5.73 Å². The lowest BCUT2D eigenvalue weighted by molar-refractivity contribution is 0.251. The molecule has 4 nitrogen and oxygen atoms in total. The monoisotopic (exact) mass is 162 g/mol. The number of carbonyl (C=O) groups excluding carboxylic acids is 1. The topological polar surface area (TPSA) is 64.9 Å². The van der Waals surface area contributed by atoms with E-state index < -0.39 is 0 Å². The molecule has 0 bridgehead atoms. The number of urea groups is 1. The second-order valence-corrected chi connectivity index (χ2v) is 2.68. The number of fused-ring (bicyclic) bond motifs is 1. The Labute approximate surface area is 69.8 Å². The highest BCUT2D eigenvalue weighted by molar-refractivity contribution is 5.92. The fourth-order valence-electron chi connectivity index (χ4n) is 1.20. The summed E-state index contributed by atoms with van der Waals surface area (Å²) >= 11 is 0. The van der Waals surface area contributed by atoms with Gasteiger partial charge in [0, 0.05) is 12.2 Å². The van der Waals surface area contributed by atoms with Gasteiger partial charge in [0.2, 0.25) is 0 Å². The molecule has 1 aromatic rings. The molecule has 0 spiro atoms. The van der Waals surface area contributed by atoms with Crippen molar-refractivity contribution in [2.75, 3.05) is 5.32 Å². The van der Waals surface area contributed by atoms with Gasteiger partial charge < -0.3 is 16.4 Å². The fourth-order valence-corrected chi connectivity index (χ4v) is 1.20. The summed E-state index contributed by atoms with van der Waals surface area (Å²) in [5, 5.41) is 5.29. The average molecular weight is 162 g/mol. The first-order valence-electron chi connectivity index (χ1n) is 3.65. The van der Waals surface area contributed by atoms with Crippen molar-refractivity contribution in [2.24, 2.45) is 0 Å². The van der Waals surface area contributed by atoms with Crippen LogP contribution in [0.3, 0.4) is 0 Å². The van der Waals surface area contributed by atoms with E-state index in [1.54, 1.807) is 18.2 Å². The van der Waals surface area contributed by atoms with E-state index in [0.717, 1.165) is 11.3 Å². The standard InChI is InChI=1S/C8H8N3O/c9-6-1-2-7-5(3-6)4-10-8(12)11-7/h1-3,9H,4H2,(H2,10,11,12). The Kier molecular flexibility index (Phi) is 1.40. The lowest BCUT2D eigenvalue weighted by Gasteiger charge is -2.17. The Bertz CT molecular complexity index is 335. The van der Waals surface area contributed by atoms with Crippen LogP contribution in [-0.4, -0.2) is 6.03 Å². The first-order valence-corrected chi connectivity index (χ1v) is 3.65. The minimum atomic E-state index is -0.180. The highest BCUT2D eigenvalue weighted by Gasteiger charge is 2.12. The van der Waals surface area contributed by atoms with Gasteiger partial charge in [-0.1, -0.05) is 0 Å². The largest absolute Gasteiger partial charge is 0.334 e. The zero-order valence-electron chi connectivity index (χ0n) is 6.35. The van der Waals surface area contributed by atoms with Crippen LogP contribution in [-0.2, 0) is 6.54 Å². The van der Waals surface area contributed by atoms with Crippen molar-refractivity contribution in [1.29, 1.82) is 0 Å². The van der Waals surface area contributed by atoms with Crippen molar-refractivity contribution < 1.29 is 4.79 Å². The van der Waals surface area contributed by atoms with Gasteiger partial charge in [-0.25, -0.2) is 4.79 Å². The van der Waals surface area contributed by atoms with E-state index in [1.165, 1.54) is 0 Å². The number of hydrogen-bond donors (Lipinski definition) is 2. The first-order chi connectivity index (χ1) is 5.75. The molecule has 0 saturated heterocycles. The van der Waals surface area contributed by atoms with Gasteiger partial charge in [0.1, 0.15) is 0 Å².